The minimum atomic E-state index is -0.534. The van der Waals surface area contributed by atoms with Crippen LogP contribution in [0.3, 0.4) is 0 Å². The van der Waals surface area contributed by atoms with Crippen LogP contribution in [-0.4, -0.2) is 26.5 Å². The van der Waals surface area contributed by atoms with E-state index in [1.165, 1.54) is 6.07 Å². The van der Waals surface area contributed by atoms with E-state index in [-0.39, 0.29) is 17.4 Å². The summed E-state index contributed by atoms with van der Waals surface area (Å²) in [5.41, 5.74) is 8.69. The lowest BCUT2D eigenvalue weighted by atomic mass is 10.0. The summed E-state index contributed by atoms with van der Waals surface area (Å²) in [5.74, 6) is -0.113. The van der Waals surface area contributed by atoms with Gasteiger partial charge in [-0.1, -0.05) is 13.8 Å². The number of aromatic nitrogens is 3. The SMILES string of the molecule is Cc1nc2cc(=O)[nH]n2c(C)c1CNC(=O)[C@@H](N)C(C)C. The monoisotopic (exact) mass is 291 g/mol. The molecule has 114 valence electrons. The van der Waals surface area contributed by atoms with Crippen LogP contribution in [-0.2, 0) is 11.3 Å². The lowest BCUT2D eigenvalue weighted by Gasteiger charge is -2.17. The van der Waals surface area contributed by atoms with Gasteiger partial charge in [-0.2, -0.15) is 0 Å². The third kappa shape index (κ3) is 2.97. The standard InChI is InChI=1S/C14H21N5O2/c1-7(2)13(15)14(21)16-6-10-8(3)17-11-5-12(20)18-19(11)9(10)4/h5,7,13H,6,15H2,1-4H3,(H,16,21)(H,18,20)/t13-/m0/s1. The second-order valence-electron chi connectivity index (χ2n) is 5.56. The fourth-order valence-electron chi connectivity index (χ4n) is 2.21. The Morgan fingerprint density at radius 2 is 2.14 bits per heavy atom. The number of aryl methyl sites for hydroxylation is 2. The van der Waals surface area contributed by atoms with Gasteiger partial charge in [0.05, 0.1) is 6.04 Å². The molecule has 0 unspecified atom stereocenters. The number of nitrogens with one attached hydrogen (secondary N) is 2. The summed E-state index contributed by atoms with van der Waals surface area (Å²) in [4.78, 5) is 27.7. The maximum Gasteiger partial charge on any atom is 0.266 e. The van der Waals surface area contributed by atoms with Gasteiger partial charge >= 0.3 is 0 Å². The molecule has 21 heavy (non-hydrogen) atoms. The van der Waals surface area contributed by atoms with E-state index in [1.807, 2.05) is 27.7 Å². The second kappa shape index (κ2) is 5.69. The molecule has 2 aromatic rings. The highest BCUT2D eigenvalue weighted by Crippen LogP contribution is 2.13. The zero-order valence-corrected chi connectivity index (χ0v) is 12.7. The van der Waals surface area contributed by atoms with Crippen LogP contribution >= 0.6 is 0 Å². The zero-order chi connectivity index (χ0) is 15.7. The van der Waals surface area contributed by atoms with Crippen molar-refractivity contribution in [3.63, 3.8) is 0 Å². The van der Waals surface area contributed by atoms with Crippen molar-refractivity contribution in [2.24, 2.45) is 11.7 Å². The Hall–Kier alpha value is -2.15. The number of fused-ring (bicyclic) bond motifs is 1. The first-order chi connectivity index (χ1) is 9.81. The quantitative estimate of drug-likeness (QED) is 0.750. The van der Waals surface area contributed by atoms with Crippen LogP contribution in [0.15, 0.2) is 10.9 Å². The van der Waals surface area contributed by atoms with E-state index >= 15 is 0 Å². The summed E-state index contributed by atoms with van der Waals surface area (Å²) >= 11 is 0. The summed E-state index contributed by atoms with van der Waals surface area (Å²) in [7, 11) is 0. The van der Waals surface area contributed by atoms with Crippen molar-refractivity contribution < 1.29 is 4.79 Å². The van der Waals surface area contributed by atoms with E-state index in [4.69, 9.17) is 5.73 Å². The average molecular weight is 291 g/mol. The Morgan fingerprint density at radius 3 is 2.76 bits per heavy atom. The van der Waals surface area contributed by atoms with Crippen LogP contribution in [0.4, 0.5) is 0 Å². The lowest BCUT2D eigenvalue weighted by molar-refractivity contribution is -0.123. The highest BCUT2D eigenvalue weighted by Gasteiger charge is 2.18. The number of nitrogens with two attached hydrogens (primary N) is 1. The van der Waals surface area contributed by atoms with Crippen molar-refractivity contribution in [2.75, 3.05) is 0 Å². The zero-order valence-electron chi connectivity index (χ0n) is 12.7. The average Bonchev–Trinajstić information content (AvgIpc) is 2.77. The molecule has 1 amide bonds. The van der Waals surface area contributed by atoms with E-state index in [0.717, 1.165) is 17.0 Å². The van der Waals surface area contributed by atoms with Gasteiger partial charge in [0.25, 0.3) is 5.56 Å². The van der Waals surface area contributed by atoms with Crippen molar-refractivity contribution in [1.82, 2.24) is 19.9 Å². The Morgan fingerprint density at radius 1 is 1.48 bits per heavy atom. The number of H-pyrrole nitrogens is 1. The van der Waals surface area contributed by atoms with E-state index in [9.17, 15) is 9.59 Å². The Kier molecular flexibility index (Phi) is 4.13. The summed E-state index contributed by atoms with van der Waals surface area (Å²) in [5, 5.41) is 5.51. The normalized spacial score (nSPS) is 12.9. The second-order valence-corrected chi connectivity index (χ2v) is 5.56. The van der Waals surface area contributed by atoms with Crippen LogP contribution in [0.2, 0.25) is 0 Å². The van der Waals surface area contributed by atoms with Crippen LogP contribution in [0.5, 0.6) is 0 Å². The molecule has 7 heteroatoms. The Balaban J connectivity index is 2.26. The maximum absolute atomic E-state index is 11.9. The third-order valence-electron chi connectivity index (χ3n) is 3.66. The molecule has 0 fully saturated rings. The van der Waals surface area contributed by atoms with E-state index in [2.05, 4.69) is 15.4 Å². The molecule has 2 heterocycles. The van der Waals surface area contributed by atoms with Crippen molar-refractivity contribution in [2.45, 2.75) is 40.3 Å². The molecule has 0 aliphatic heterocycles. The van der Waals surface area contributed by atoms with Crippen LogP contribution in [0, 0.1) is 19.8 Å². The van der Waals surface area contributed by atoms with Crippen molar-refractivity contribution in [1.29, 1.82) is 0 Å². The lowest BCUT2D eigenvalue weighted by Crippen LogP contribution is -2.43. The molecule has 0 aliphatic rings. The van der Waals surface area contributed by atoms with Gasteiger partial charge in [0.1, 0.15) is 0 Å². The molecule has 7 nitrogen and oxygen atoms in total. The molecule has 2 aromatic heterocycles. The Bertz CT molecular complexity index is 729. The summed E-state index contributed by atoms with van der Waals surface area (Å²) in [6.45, 7) is 7.87. The van der Waals surface area contributed by atoms with Crippen LogP contribution in [0.1, 0.15) is 30.8 Å². The molecular formula is C14H21N5O2. The minimum absolute atomic E-state index is 0.0774. The number of rotatable bonds is 4. The number of amides is 1. The molecule has 0 saturated heterocycles. The largest absolute Gasteiger partial charge is 0.351 e. The van der Waals surface area contributed by atoms with Gasteiger partial charge < -0.3 is 11.1 Å². The number of carbonyl (C=O) groups is 1. The first-order valence-corrected chi connectivity index (χ1v) is 6.92. The molecule has 0 spiro atoms. The highest BCUT2D eigenvalue weighted by atomic mass is 16.2. The first kappa shape index (κ1) is 15.2. The fraction of sp³-hybridized carbons (Fsp3) is 0.500. The van der Waals surface area contributed by atoms with Gasteiger partial charge in [0, 0.05) is 29.6 Å². The maximum atomic E-state index is 11.9. The number of hydrogen-bond acceptors (Lipinski definition) is 4. The topological polar surface area (TPSA) is 105 Å². The molecule has 4 N–H and O–H groups in total. The minimum Gasteiger partial charge on any atom is -0.351 e. The highest BCUT2D eigenvalue weighted by molar-refractivity contribution is 5.81. The van der Waals surface area contributed by atoms with Crippen LogP contribution in [0.25, 0.3) is 5.65 Å². The van der Waals surface area contributed by atoms with E-state index in [1.54, 1.807) is 4.52 Å². The Labute approximate surface area is 122 Å². The van der Waals surface area contributed by atoms with Gasteiger partial charge in [-0.3, -0.25) is 14.7 Å². The predicted octanol–water partition coefficient (Wildman–Crippen LogP) is 0.239. The summed E-state index contributed by atoms with van der Waals surface area (Å²) < 4.78 is 1.62. The van der Waals surface area contributed by atoms with Gasteiger partial charge in [-0.15, -0.1) is 0 Å². The molecule has 0 aliphatic carbocycles. The summed E-state index contributed by atoms with van der Waals surface area (Å²) in [6, 6.07) is 0.908. The molecule has 0 saturated carbocycles. The fourth-order valence-corrected chi connectivity index (χ4v) is 2.21. The third-order valence-corrected chi connectivity index (χ3v) is 3.66. The van der Waals surface area contributed by atoms with Gasteiger partial charge in [-0.25, -0.2) is 9.50 Å². The predicted molar refractivity (Wildman–Crippen MR) is 79.9 cm³/mol. The smallest absolute Gasteiger partial charge is 0.266 e. The molecule has 1 atom stereocenters. The van der Waals surface area contributed by atoms with Gasteiger partial charge in [-0.05, 0) is 19.8 Å². The summed E-state index contributed by atoms with van der Waals surface area (Å²) in [6.07, 6.45) is 0. The van der Waals surface area contributed by atoms with Crippen molar-refractivity contribution in [3.8, 4) is 0 Å². The number of nitrogens with zero attached hydrogens (tertiary/aromatic N) is 2. The van der Waals surface area contributed by atoms with Crippen molar-refractivity contribution in [3.05, 3.63) is 33.4 Å². The number of carbonyl (C=O) groups excluding carboxylic acids is 1. The molecule has 0 aromatic carbocycles. The van der Waals surface area contributed by atoms with E-state index < -0.39 is 6.04 Å². The molecule has 0 bridgehead atoms. The van der Waals surface area contributed by atoms with Gasteiger partial charge in [0.2, 0.25) is 5.91 Å². The molecule has 2 rings (SSSR count). The molecule has 0 radical (unpaired) electrons. The molecular weight excluding hydrogens is 270 g/mol. The number of aromatic amines is 1. The first-order valence-electron chi connectivity index (χ1n) is 6.92. The number of hydrogen-bond donors (Lipinski definition) is 3. The van der Waals surface area contributed by atoms with Gasteiger partial charge in [0.15, 0.2) is 5.65 Å². The van der Waals surface area contributed by atoms with E-state index in [0.29, 0.717) is 12.2 Å². The van der Waals surface area contributed by atoms with Crippen LogP contribution < -0.4 is 16.6 Å². The van der Waals surface area contributed by atoms with Crippen molar-refractivity contribution >= 4 is 11.6 Å².